The summed E-state index contributed by atoms with van der Waals surface area (Å²) in [6.07, 6.45) is -3.18. The van der Waals surface area contributed by atoms with Gasteiger partial charge < -0.3 is 34.5 Å². The van der Waals surface area contributed by atoms with E-state index in [-0.39, 0.29) is 0 Å². The molecule has 2 unspecified atom stereocenters. The van der Waals surface area contributed by atoms with Crippen LogP contribution in [0.1, 0.15) is 13.2 Å². The number of hydrogen-bond acceptors (Lipinski definition) is 11. The first kappa shape index (κ1) is 30.5. The van der Waals surface area contributed by atoms with Crippen molar-refractivity contribution >= 4 is 23.5 Å². The molecule has 0 aliphatic heterocycles. The van der Waals surface area contributed by atoms with E-state index in [1.54, 1.807) is 0 Å². The number of alkyl halides is 1. The van der Waals surface area contributed by atoms with Gasteiger partial charge >= 0.3 is 29.2 Å². The fraction of sp³-hybridized carbons (Fsp3) is 0.538. The number of aromatic amines is 1. The van der Waals surface area contributed by atoms with Crippen LogP contribution in [0.2, 0.25) is 0 Å². The minimum Gasteiger partial charge on any atom is -0.392 e. The summed E-state index contributed by atoms with van der Waals surface area (Å²) in [6.45, 7) is -3.15. The lowest BCUT2D eigenvalue weighted by Crippen LogP contribution is -2.53. The van der Waals surface area contributed by atoms with Crippen LogP contribution in [-0.2, 0) is 31.6 Å². The third kappa shape index (κ3) is 9.25. The Morgan fingerprint density at radius 1 is 1.18 bits per heavy atom. The van der Waals surface area contributed by atoms with E-state index < -0.39 is 72.5 Å². The Hall–Kier alpha value is -1.54. The van der Waals surface area contributed by atoms with Crippen molar-refractivity contribution < 1.29 is 65.8 Å². The van der Waals surface area contributed by atoms with E-state index in [1.165, 1.54) is 6.92 Å². The zero-order valence-electron chi connectivity index (χ0n) is 17.0. The Bertz CT molecular complexity index is 1170. The van der Waals surface area contributed by atoms with Crippen molar-refractivity contribution in [3.8, 4) is 11.8 Å². The second kappa shape index (κ2) is 11.9. The summed E-state index contributed by atoms with van der Waals surface area (Å²) in [5.74, 6) is 4.23. The topological polar surface area (TPSA) is 264 Å². The highest BCUT2D eigenvalue weighted by Crippen LogP contribution is 2.66. The molecule has 21 heteroatoms. The van der Waals surface area contributed by atoms with E-state index in [2.05, 4.69) is 19.1 Å². The fourth-order valence-corrected chi connectivity index (χ4v) is 5.27. The summed E-state index contributed by atoms with van der Waals surface area (Å²) in [4.78, 5) is 60.8. The summed E-state index contributed by atoms with van der Waals surface area (Å²) in [5, 5.41) is 19.8. The van der Waals surface area contributed by atoms with Crippen molar-refractivity contribution in [3.63, 3.8) is 0 Å². The molecule has 1 rings (SSSR count). The van der Waals surface area contributed by atoms with E-state index in [4.69, 9.17) is 14.5 Å². The van der Waals surface area contributed by atoms with E-state index >= 15 is 0 Å². The maximum Gasteiger partial charge on any atom is 0.490 e. The van der Waals surface area contributed by atoms with Crippen molar-refractivity contribution in [2.45, 2.75) is 24.9 Å². The normalized spacial score (nSPS) is 19.1. The molecule has 0 bridgehead atoms. The lowest BCUT2D eigenvalue weighted by Gasteiger charge is -2.36. The molecule has 1 aromatic heterocycles. The van der Waals surface area contributed by atoms with Crippen molar-refractivity contribution in [1.29, 1.82) is 0 Å². The monoisotopic (exact) mass is 556 g/mol. The van der Waals surface area contributed by atoms with Crippen LogP contribution in [0.25, 0.3) is 0 Å². The smallest absolute Gasteiger partial charge is 0.392 e. The van der Waals surface area contributed by atoms with Gasteiger partial charge in [0.2, 0.25) is 0 Å². The molecular weight excluding hydrogens is 536 g/mol. The lowest BCUT2D eigenvalue weighted by atomic mass is 9.99. The molecule has 34 heavy (non-hydrogen) atoms. The molecule has 0 aliphatic carbocycles. The van der Waals surface area contributed by atoms with Crippen LogP contribution in [0.4, 0.5) is 4.39 Å². The van der Waals surface area contributed by atoms with Crippen LogP contribution in [0.15, 0.2) is 21.9 Å². The molecule has 0 saturated heterocycles. The zero-order valence-corrected chi connectivity index (χ0v) is 19.6. The predicted octanol–water partition coefficient (Wildman–Crippen LogP) is -1.52. The number of H-pyrrole nitrogens is 1. The van der Waals surface area contributed by atoms with E-state index in [9.17, 15) is 47.7 Å². The third-order valence-corrected chi connectivity index (χ3v) is 7.36. The molecule has 1 aromatic rings. The molecule has 0 saturated carbocycles. The Labute approximate surface area is 189 Å². The van der Waals surface area contributed by atoms with E-state index in [1.807, 2.05) is 10.9 Å². The number of aliphatic hydroxyl groups is 2. The standard InChI is InChI=1S/C13H20FN2O15P3/c1-2-3-9(18)13(7-14,29-11(6-17)16-5-4-10(19)15-12(16)20)8-28-33(24,25)31-34(26,27)30-32(21,22)23/h4-5,9,11,17-18H,6-8H2,1H3,(H,24,25)(H,26,27)(H,15,19,20)(H2,21,22,23)/t9-,11+,13+/m0/s1. The summed E-state index contributed by atoms with van der Waals surface area (Å²) in [6, 6.07) is 0.832. The van der Waals surface area contributed by atoms with Crippen molar-refractivity contribution in [1.82, 2.24) is 9.55 Å². The van der Waals surface area contributed by atoms with Crippen LogP contribution in [0.3, 0.4) is 0 Å². The van der Waals surface area contributed by atoms with Crippen LogP contribution >= 0.6 is 23.5 Å². The van der Waals surface area contributed by atoms with Crippen LogP contribution < -0.4 is 11.2 Å². The Balaban J connectivity index is 3.28. The molecule has 1 heterocycles. The molecule has 194 valence electrons. The summed E-state index contributed by atoms with van der Waals surface area (Å²) < 4.78 is 65.3. The number of nitrogens with one attached hydrogen (secondary N) is 1. The largest absolute Gasteiger partial charge is 0.490 e. The van der Waals surface area contributed by atoms with Gasteiger partial charge in [-0.2, -0.15) is 8.62 Å². The quantitative estimate of drug-likeness (QED) is 0.107. The van der Waals surface area contributed by atoms with Gasteiger partial charge in [0.1, 0.15) is 12.8 Å². The maximum absolute atomic E-state index is 14.1. The molecule has 0 amide bonds. The molecule has 0 aromatic carbocycles. The second-order valence-corrected chi connectivity index (χ2v) is 10.6. The number of halogens is 1. The van der Waals surface area contributed by atoms with Gasteiger partial charge in [0.15, 0.2) is 11.8 Å². The Morgan fingerprint density at radius 3 is 2.26 bits per heavy atom. The number of nitrogens with zero attached hydrogens (tertiary/aromatic N) is 1. The molecule has 17 nitrogen and oxygen atoms in total. The van der Waals surface area contributed by atoms with E-state index in [0.717, 1.165) is 12.3 Å². The van der Waals surface area contributed by atoms with Gasteiger partial charge in [-0.3, -0.25) is 18.9 Å². The van der Waals surface area contributed by atoms with E-state index in [0.29, 0.717) is 4.57 Å². The number of phosphoric ester groups is 1. The zero-order chi connectivity index (χ0) is 26.4. The molecule has 0 aliphatic rings. The van der Waals surface area contributed by atoms with Gasteiger partial charge in [-0.05, 0) is 6.92 Å². The molecule has 0 spiro atoms. The fourth-order valence-electron chi connectivity index (χ4n) is 2.19. The van der Waals surface area contributed by atoms with Gasteiger partial charge in [-0.1, -0.05) is 5.92 Å². The number of phosphoric acid groups is 3. The van der Waals surface area contributed by atoms with Crippen LogP contribution in [0.5, 0.6) is 0 Å². The Kier molecular flexibility index (Phi) is 10.7. The van der Waals surface area contributed by atoms with Crippen molar-refractivity contribution in [3.05, 3.63) is 33.1 Å². The molecule has 7 N–H and O–H groups in total. The number of hydrogen-bond donors (Lipinski definition) is 7. The minimum atomic E-state index is -5.90. The first-order valence-electron chi connectivity index (χ1n) is 8.54. The first-order chi connectivity index (χ1) is 15.5. The highest BCUT2D eigenvalue weighted by molar-refractivity contribution is 7.66. The summed E-state index contributed by atoms with van der Waals surface area (Å²) in [7, 11) is -17.3. The lowest BCUT2D eigenvalue weighted by molar-refractivity contribution is -0.199. The van der Waals surface area contributed by atoms with Crippen molar-refractivity contribution in [2.24, 2.45) is 0 Å². The number of rotatable bonds is 13. The van der Waals surface area contributed by atoms with Gasteiger partial charge in [0.25, 0.3) is 5.56 Å². The maximum atomic E-state index is 14.1. The predicted molar refractivity (Wildman–Crippen MR) is 107 cm³/mol. The average molecular weight is 556 g/mol. The third-order valence-electron chi connectivity index (χ3n) is 3.58. The number of ether oxygens (including phenoxy) is 1. The molecular formula is C13H20FN2O15P3. The van der Waals surface area contributed by atoms with Crippen LogP contribution in [0, 0.1) is 11.8 Å². The number of aromatic nitrogens is 2. The molecule has 0 radical (unpaired) electrons. The highest BCUT2D eigenvalue weighted by Gasteiger charge is 2.47. The SMILES string of the molecule is CC#C[C@H](O)[C@@](CF)(COP(=O)(O)OP(=O)(O)OP(=O)(O)O)O[C@H](CO)n1ccc(=O)[nH]c1=O. The van der Waals surface area contributed by atoms with Crippen LogP contribution in [-0.4, -0.2) is 70.9 Å². The van der Waals surface area contributed by atoms with Gasteiger partial charge in [0, 0.05) is 12.3 Å². The molecule has 5 atom stereocenters. The second-order valence-electron chi connectivity index (χ2n) is 6.13. The Morgan fingerprint density at radius 2 is 1.79 bits per heavy atom. The average Bonchev–Trinajstić information content (AvgIpc) is 2.66. The number of aliphatic hydroxyl groups excluding tert-OH is 2. The highest BCUT2D eigenvalue weighted by atomic mass is 31.3. The van der Waals surface area contributed by atoms with Gasteiger partial charge in [-0.15, -0.1) is 5.92 Å². The summed E-state index contributed by atoms with van der Waals surface area (Å²) >= 11 is 0. The summed E-state index contributed by atoms with van der Waals surface area (Å²) in [5.41, 5.74) is -4.74. The van der Waals surface area contributed by atoms with Gasteiger partial charge in [0.05, 0.1) is 13.2 Å². The first-order valence-corrected chi connectivity index (χ1v) is 13.1. The molecule has 0 fully saturated rings. The van der Waals surface area contributed by atoms with Gasteiger partial charge in [-0.25, -0.2) is 22.9 Å². The van der Waals surface area contributed by atoms with Crippen molar-refractivity contribution in [2.75, 3.05) is 19.9 Å². The minimum absolute atomic E-state index is 0.558.